The molecule has 1 amide bonds. The summed E-state index contributed by atoms with van der Waals surface area (Å²) in [4.78, 5) is 22.5. The van der Waals surface area contributed by atoms with Crippen LogP contribution in [0.25, 0.3) is 0 Å². The van der Waals surface area contributed by atoms with Gasteiger partial charge in [-0.3, -0.25) is 20.2 Å². The van der Waals surface area contributed by atoms with Gasteiger partial charge in [0.15, 0.2) is 0 Å². The molecule has 0 fully saturated rings. The van der Waals surface area contributed by atoms with E-state index in [9.17, 15) is 14.9 Å². The number of aryl methyl sites for hydroxylation is 1. The largest absolute Gasteiger partial charge is 0.338 e. The third-order valence-electron chi connectivity index (χ3n) is 3.84. The van der Waals surface area contributed by atoms with Crippen LogP contribution in [-0.4, -0.2) is 16.0 Å². The smallest absolute Gasteiger partial charge is 0.270 e. The Hall–Kier alpha value is -2.70. The summed E-state index contributed by atoms with van der Waals surface area (Å²) in [7, 11) is 0. The fourth-order valence-corrected chi connectivity index (χ4v) is 2.62. The summed E-state index contributed by atoms with van der Waals surface area (Å²) in [5.41, 5.74) is 1.90. The molecule has 1 N–H and O–H groups in total. The molecule has 0 saturated heterocycles. The first-order valence-corrected chi connectivity index (χ1v) is 7.08. The Morgan fingerprint density at radius 2 is 2.32 bits per heavy atom. The minimum atomic E-state index is -0.533. The van der Waals surface area contributed by atoms with E-state index in [2.05, 4.69) is 17.4 Å². The lowest BCUT2D eigenvalue weighted by Gasteiger charge is -2.16. The lowest BCUT2D eigenvalue weighted by atomic mass is 9.89. The highest BCUT2D eigenvalue weighted by Crippen LogP contribution is 2.30. The molecule has 1 aliphatic rings. The third-order valence-corrected chi connectivity index (χ3v) is 3.84. The van der Waals surface area contributed by atoms with Crippen LogP contribution in [0.3, 0.4) is 0 Å². The van der Waals surface area contributed by atoms with Crippen molar-refractivity contribution < 1.29 is 14.2 Å². The molecule has 2 aromatic rings. The summed E-state index contributed by atoms with van der Waals surface area (Å²) < 4.78 is 5.22. The number of carbonyl (C=O) groups excluding carboxylic acids is 1. The molecule has 1 aliphatic carbocycles. The van der Waals surface area contributed by atoms with Crippen molar-refractivity contribution in [2.45, 2.75) is 26.2 Å². The molecule has 22 heavy (non-hydrogen) atoms. The molecular weight excluding hydrogens is 286 g/mol. The summed E-state index contributed by atoms with van der Waals surface area (Å²) in [5.74, 6) is 0.416. The topological polar surface area (TPSA) is 98.3 Å². The molecule has 0 saturated carbocycles. The van der Waals surface area contributed by atoms with Crippen LogP contribution in [0.2, 0.25) is 0 Å². The summed E-state index contributed by atoms with van der Waals surface area (Å²) >= 11 is 0. The predicted molar refractivity (Wildman–Crippen MR) is 78.7 cm³/mol. The van der Waals surface area contributed by atoms with Crippen molar-refractivity contribution in [3.8, 4) is 0 Å². The fourth-order valence-electron chi connectivity index (χ4n) is 2.62. The first-order valence-electron chi connectivity index (χ1n) is 7.08. The molecule has 0 unspecified atom stereocenters. The van der Waals surface area contributed by atoms with Crippen LogP contribution in [0, 0.1) is 16.0 Å². The van der Waals surface area contributed by atoms with Crippen molar-refractivity contribution in [1.82, 2.24) is 5.16 Å². The molecule has 114 valence electrons. The van der Waals surface area contributed by atoms with Crippen molar-refractivity contribution in [3.05, 3.63) is 51.2 Å². The molecule has 7 nitrogen and oxygen atoms in total. The normalized spacial score (nSPS) is 16.9. The quantitative estimate of drug-likeness (QED) is 0.694. The maximum absolute atomic E-state index is 12.2. The number of nitro groups is 1. The van der Waals surface area contributed by atoms with Gasteiger partial charge in [0.1, 0.15) is 0 Å². The highest BCUT2D eigenvalue weighted by Gasteiger charge is 2.24. The number of anilines is 1. The predicted octanol–water partition coefficient (Wildman–Crippen LogP) is 2.96. The maximum Gasteiger partial charge on any atom is 0.270 e. The van der Waals surface area contributed by atoms with E-state index in [1.165, 1.54) is 24.3 Å². The Balaban J connectivity index is 1.82. The van der Waals surface area contributed by atoms with Gasteiger partial charge in [-0.15, -0.1) is 0 Å². The van der Waals surface area contributed by atoms with Gasteiger partial charge >= 0.3 is 0 Å². The molecule has 1 atom stereocenters. The number of amides is 1. The van der Waals surface area contributed by atoms with Crippen LogP contribution in [0.15, 0.2) is 28.8 Å². The lowest BCUT2D eigenvalue weighted by molar-refractivity contribution is -0.384. The Morgan fingerprint density at radius 3 is 3.09 bits per heavy atom. The molecule has 3 rings (SSSR count). The highest BCUT2D eigenvalue weighted by molar-refractivity contribution is 6.04. The van der Waals surface area contributed by atoms with Gasteiger partial charge in [0.2, 0.25) is 5.88 Å². The monoisotopic (exact) mass is 301 g/mol. The molecule has 7 heteroatoms. The number of nitro benzene ring substituents is 1. The number of nitrogens with one attached hydrogen (secondary N) is 1. The number of fused-ring (bicyclic) bond motifs is 1. The van der Waals surface area contributed by atoms with E-state index in [1.54, 1.807) is 0 Å². The van der Waals surface area contributed by atoms with Crippen LogP contribution in [0.1, 0.15) is 35.0 Å². The first kappa shape index (κ1) is 14.2. The molecule has 0 radical (unpaired) electrons. The van der Waals surface area contributed by atoms with Gasteiger partial charge in [-0.25, -0.2) is 0 Å². The van der Waals surface area contributed by atoms with Crippen molar-refractivity contribution in [1.29, 1.82) is 0 Å². The number of aromatic nitrogens is 1. The number of benzene rings is 1. The van der Waals surface area contributed by atoms with Crippen molar-refractivity contribution in [2.75, 3.05) is 5.32 Å². The third kappa shape index (κ3) is 2.69. The number of nitrogens with zero attached hydrogens (tertiary/aromatic N) is 2. The zero-order valence-electron chi connectivity index (χ0n) is 12.0. The highest BCUT2D eigenvalue weighted by atomic mass is 16.6. The number of non-ortho nitro benzene ring substituents is 1. The lowest BCUT2D eigenvalue weighted by Crippen LogP contribution is -2.15. The summed E-state index contributed by atoms with van der Waals surface area (Å²) in [5, 5.41) is 17.4. The summed E-state index contributed by atoms with van der Waals surface area (Å²) in [6.45, 7) is 2.14. The molecule has 1 aromatic heterocycles. The van der Waals surface area contributed by atoms with E-state index < -0.39 is 10.8 Å². The molecule has 1 heterocycles. The van der Waals surface area contributed by atoms with E-state index >= 15 is 0 Å². The molecule has 0 bridgehead atoms. The zero-order valence-corrected chi connectivity index (χ0v) is 12.0. The van der Waals surface area contributed by atoms with E-state index in [0.717, 1.165) is 30.5 Å². The van der Waals surface area contributed by atoms with Crippen molar-refractivity contribution in [3.63, 3.8) is 0 Å². The van der Waals surface area contributed by atoms with E-state index in [4.69, 9.17) is 4.52 Å². The Kier molecular flexibility index (Phi) is 3.62. The van der Waals surface area contributed by atoms with E-state index in [0.29, 0.717) is 11.8 Å². The van der Waals surface area contributed by atoms with Crippen LogP contribution in [0.4, 0.5) is 11.6 Å². The Morgan fingerprint density at radius 1 is 1.50 bits per heavy atom. The standard InChI is InChI=1S/C15H15N3O4/c1-9-5-6-13-12(7-9)15(22-17-13)16-14(19)10-3-2-4-11(8-10)18(20)21/h2-4,8-9H,5-7H2,1H3,(H,16,19)/t9-/m0/s1. The average Bonchev–Trinajstić information content (AvgIpc) is 2.89. The van der Waals surface area contributed by atoms with Crippen LogP contribution < -0.4 is 5.32 Å². The van der Waals surface area contributed by atoms with E-state index in [1.807, 2.05) is 0 Å². The van der Waals surface area contributed by atoms with Crippen LogP contribution in [-0.2, 0) is 12.8 Å². The van der Waals surface area contributed by atoms with Gasteiger partial charge in [-0.1, -0.05) is 18.1 Å². The van der Waals surface area contributed by atoms with Gasteiger partial charge in [0, 0.05) is 23.3 Å². The van der Waals surface area contributed by atoms with Gasteiger partial charge in [0.05, 0.1) is 10.6 Å². The van der Waals surface area contributed by atoms with E-state index in [-0.39, 0.29) is 11.3 Å². The Labute approximate surface area is 126 Å². The van der Waals surface area contributed by atoms with Crippen LogP contribution >= 0.6 is 0 Å². The molecular formula is C15H15N3O4. The second-order valence-corrected chi connectivity index (χ2v) is 5.55. The minimum Gasteiger partial charge on any atom is -0.338 e. The van der Waals surface area contributed by atoms with Crippen molar-refractivity contribution in [2.24, 2.45) is 5.92 Å². The van der Waals surface area contributed by atoms with Crippen LogP contribution in [0.5, 0.6) is 0 Å². The number of hydrogen-bond acceptors (Lipinski definition) is 5. The molecule has 0 aliphatic heterocycles. The average molecular weight is 301 g/mol. The Bertz CT molecular complexity index is 738. The van der Waals surface area contributed by atoms with Gasteiger partial charge in [-0.2, -0.15) is 0 Å². The molecule has 0 spiro atoms. The van der Waals surface area contributed by atoms with Gasteiger partial charge in [0.25, 0.3) is 11.6 Å². The second kappa shape index (κ2) is 5.59. The van der Waals surface area contributed by atoms with Crippen molar-refractivity contribution >= 4 is 17.5 Å². The number of hydrogen-bond donors (Lipinski definition) is 1. The number of rotatable bonds is 3. The van der Waals surface area contributed by atoms with Gasteiger partial charge < -0.3 is 4.52 Å². The zero-order chi connectivity index (χ0) is 15.7. The van der Waals surface area contributed by atoms with Gasteiger partial charge in [-0.05, 0) is 31.2 Å². The number of carbonyl (C=O) groups is 1. The summed E-state index contributed by atoms with van der Waals surface area (Å²) in [6.07, 6.45) is 2.70. The fraction of sp³-hybridized carbons (Fsp3) is 0.333. The summed E-state index contributed by atoms with van der Waals surface area (Å²) in [6, 6.07) is 5.58. The minimum absolute atomic E-state index is 0.124. The SMILES string of the molecule is C[C@H]1CCc2noc(NC(=O)c3cccc([N+](=O)[O-])c3)c2C1. The second-order valence-electron chi connectivity index (χ2n) is 5.55. The maximum atomic E-state index is 12.2. The molecule has 1 aromatic carbocycles. The first-order chi connectivity index (χ1) is 10.5.